The van der Waals surface area contributed by atoms with Gasteiger partial charge in [0.2, 0.25) is 0 Å². The van der Waals surface area contributed by atoms with Gasteiger partial charge >= 0.3 is 0 Å². The number of halogens is 1. The lowest BCUT2D eigenvalue weighted by atomic mass is 10.0. The van der Waals surface area contributed by atoms with E-state index in [9.17, 15) is 5.11 Å². The second-order valence-electron chi connectivity index (χ2n) is 4.53. The van der Waals surface area contributed by atoms with E-state index in [4.69, 9.17) is 17.3 Å². The molecule has 0 bridgehead atoms. The minimum absolute atomic E-state index is 0.0554. The smallest absolute Gasteiger partial charge is 0.0638 e. The van der Waals surface area contributed by atoms with Crippen molar-refractivity contribution in [2.75, 3.05) is 20.1 Å². The Balaban J connectivity index is 2.45. The van der Waals surface area contributed by atoms with Crippen molar-refractivity contribution in [2.45, 2.75) is 25.5 Å². The molecule has 0 amide bonds. The van der Waals surface area contributed by atoms with Gasteiger partial charge in [0.15, 0.2) is 0 Å². The van der Waals surface area contributed by atoms with Crippen molar-refractivity contribution < 1.29 is 5.11 Å². The third kappa shape index (κ3) is 5.04. The molecule has 0 aromatic heterocycles. The normalized spacial score (nSPS) is 14.9. The Morgan fingerprint density at radius 1 is 1.41 bits per heavy atom. The first-order valence-corrected chi connectivity index (χ1v) is 6.25. The van der Waals surface area contributed by atoms with Gasteiger partial charge in [-0.05, 0) is 38.6 Å². The molecule has 2 atom stereocenters. The van der Waals surface area contributed by atoms with E-state index in [-0.39, 0.29) is 12.1 Å². The van der Waals surface area contributed by atoms with Gasteiger partial charge in [0, 0.05) is 17.6 Å². The zero-order valence-corrected chi connectivity index (χ0v) is 11.2. The van der Waals surface area contributed by atoms with Gasteiger partial charge in [0.25, 0.3) is 0 Å². The predicted molar refractivity (Wildman–Crippen MR) is 72.2 cm³/mol. The number of aliphatic hydroxyl groups excluding tert-OH is 1. The number of rotatable bonds is 6. The van der Waals surface area contributed by atoms with Crippen molar-refractivity contribution >= 4 is 11.6 Å². The van der Waals surface area contributed by atoms with E-state index in [0.717, 1.165) is 23.6 Å². The molecule has 0 saturated carbocycles. The first-order valence-electron chi connectivity index (χ1n) is 5.87. The summed E-state index contributed by atoms with van der Waals surface area (Å²) in [5.74, 6) is 0. The van der Waals surface area contributed by atoms with Crippen LogP contribution >= 0.6 is 11.6 Å². The fourth-order valence-corrected chi connectivity index (χ4v) is 2.11. The quantitative estimate of drug-likeness (QED) is 0.819. The molecule has 0 radical (unpaired) electrons. The van der Waals surface area contributed by atoms with Crippen LogP contribution in [0.3, 0.4) is 0 Å². The molecule has 17 heavy (non-hydrogen) atoms. The van der Waals surface area contributed by atoms with E-state index in [1.807, 2.05) is 31.3 Å². The largest absolute Gasteiger partial charge is 0.392 e. The molecule has 1 aromatic rings. The highest BCUT2D eigenvalue weighted by molar-refractivity contribution is 6.31. The predicted octanol–water partition coefficient (Wildman–Crippen LogP) is 2.04. The molecule has 3 nitrogen and oxygen atoms in total. The molecule has 4 heteroatoms. The molecule has 1 rings (SSSR count). The third-order valence-corrected chi connectivity index (χ3v) is 3.05. The van der Waals surface area contributed by atoms with E-state index in [1.165, 1.54) is 0 Å². The maximum Gasteiger partial charge on any atom is 0.0638 e. The van der Waals surface area contributed by atoms with Crippen molar-refractivity contribution in [3.8, 4) is 0 Å². The Morgan fingerprint density at radius 3 is 2.65 bits per heavy atom. The van der Waals surface area contributed by atoms with Crippen LogP contribution in [0.25, 0.3) is 0 Å². The fourth-order valence-electron chi connectivity index (χ4n) is 1.83. The summed E-state index contributed by atoms with van der Waals surface area (Å²) < 4.78 is 0. The van der Waals surface area contributed by atoms with E-state index in [0.29, 0.717) is 6.54 Å². The van der Waals surface area contributed by atoms with Crippen molar-refractivity contribution in [1.29, 1.82) is 0 Å². The molecule has 3 N–H and O–H groups in total. The monoisotopic (exact) mass is 256 g/mol. The van der Waals surface area contributed by atoms with Gasteiger partial charge in [-0.2, -0.15) is 0 Å². The number of benzene rings is 1. The molecular weight excluding hydrogens is 236 g/mol. The summed E-state index contributed by atoms with van der Waals surface area (Å²) in [5, 5.41) is 9.98. The number of nitrogens with two attached hydrogens (primary N) is 1. The molecule has 0 aliphatic heterocycles. The highest BCUT2D eigenvalue weighted by Crippen LogP contribution is 2.23. The summed E-state index contributed by atoms with van der Waals surface area (Å²) in [6, 6.07) is 7.61. The molecule has 0 aliphatic carbocycles. The van der Waals surface area contributed by atoms with Crippen molar-refractivity contribution in [1.82, 2.24) is 4.90 Å². The summed E-state index contributed by atoms with van der Waals surface area (Å²) in [6.07, 6.45) is 0.518. The minimum Gasteiger partial charge on any atom is -0.392 e. The number of hydrogen-bond donors (Lipinski definition) is 2. The molecule has 0 spiro atoms. The summed E-state index contributed by atoms with van der Waals surface area (Å²) in [5.41, 5.74) is 7.09. The SMILES string of the molecule is CC(O)CN(C)CCC(N)c1ccccc1Cl. The lowest BCUT2D eigenvalue weighted by Crippen LogP contribution is -2.30. The molecule has 0 heterocycles. The standard InChI is InChI=1S/C13H21ClN2O/c1-10(17)9-16(2)8-7-13(15)11-5-3-4-6-12(11)14/h3-6,10,13,17H,7-9,15H2,1-2H3. The zero-order chi connectivity index (χ0) is 12.8. The first kappa shape index (κ1) is 14.5. The van der Waals surface area contributed by atoms with Gasteiger partial charge in [-0.25, -0.2) is 0 Å². The highest BCUT2D eigenvalue weighted by atomic mass is 35.5. The van der Waals surface area contributed by atoms with Crippen molar-refractivity contribution in [3.63, 3.8) is 0 Å². The Kier molecular flexibility index (Phi) is 5.92. The second kappa shape index (κ2) is 6.97. The van der Waals surface area contributed by atoms with Crippen molar-refractivity contribution in [3.05, 3.63) is 34.9 Å². The molecule has 0 saturated heterocycles. The van der Waals surface area contributed by atoms with Crippen LogP contribution in [0.5, 0.6) is 0 Å². The average molecular weight is 257 g/mol. The summed E-state index contributed by atoms with van der Waals surface area (Å²) in [4.78, 5) is 2.07. The molecule has 0 fully saturated rings. The highest BCUT2D eigenvalue weighted by Gasteiger charge is 2.11. The van der Waals surface area contributed by atoms with Gasteiger partial charge < -0.3 is 15.7 Å². The van der Waals surface area contributed by atoms with Crippen LogP contribution in [-0.2, 0) is 0 Å². The Hall–Kier alpha value is -0.610. The maximum atomic E-state index is 9.26. The fraction of sp³-hybridized carbons (Fsp3) is 0.538. The van der Waals surface area contributed by atoms with Gasteiger partial charge in [-0.3, -0.25) is 0 Å². The molecule has 0 aliphatic rings. The molecule has 2 unspecified atom stereocenters. The Morgan fingerprint density at radius 2 is 2.06 bits per heavy atom. The van der Waals surface area contributed by atoms with Crippen LogP contribution in [-0.4, -0.2) is 36.2 Å². The van der Waals surface area contributed by atoms with Crippen LogP contribution < -0.4 is 5.73 Å². The van der Waals surface area contributed by atoms with E-state index < -0.39 is 0 Å². The van der Waals surface area contributed by atoms with Crippen LogP contribution in [0, 0.1) is 0 Å². The Bertz CT molecular complexity index is 344. The first-order chi connectivity index (χ1) is 8.00. The summed E-state index contributed by atoms with van der Waals surface area (Å²) >= 11 is 6.09. The Labute approximate surface area is 108 Å². The zero-order valence-electron chi connectivity index (χ0n) is 10.4. The number of aliphatic hydroxyl groups is 1. The van der Waals surface area contributed by atoms with Gasteiger partial charge in [-0.15, -0.1) is 0 Å². The lowest BCUT2D eigenvalue weighted by molar-refractivity contribution is 0.139. The third-order valence-electron chi connectivity index (χ3n) is 2.70. The van der Waals surface area contributed by atoms with Gasteiger partial charge in [0.05, 0.1) is 6.10 Å². The molecular formula is C13H21ClN2O. The van der Waals surface area contributed by atoms with Gasteiger partial charge in [-0.1, -0.05) is 29.8 Å². The van der Waals surface area contributed by atoms with Crippen LogP contribution in [0.15, 0.2) is 24.3 Å². The van der Waals surface area contributed by atoms with Crippen LogP contribution in [0.4, 0.5) is 0 Å². The number of hydrogen-bond acceptors (Lipinski definition) is 3. The van der Waals surface area contributed by atoms with Crippen molar-refractivity contribution in [2.24, 2.45) is 5.73 Å². The number of likely N-dealkylation sites (N-methyl/N-ethyl adjacent to an activating group) is 1. The maximum absolute atomic E-state index is 9.26. The summed E-state index contributed by atoms with van der Waals surface area (Å²) in [7, 11) is 1.98. The van der Waals surface area contributed by atoms with E-state index in [1.54, 1.807) is 6.92 Å². The van der Waals surface area contributed by atoms with Crippen LogP contribution in [0.1, 0.15) is 24.9 Å². The second-order valence-corrected chi connectivity index (χ2v) is 4.94. The van der Waals surface area contributed by atoms with E-state index in [2.05, 4.69) is 4.90 Å². The van der Waals surface area contributed by atoms with Gasteiger partial charge in [0.1, 0.15) is 0 Å². The average Bonchev–Trinajstić information content (AvgIpc) is 2.25. The lowest BCUT2D eigenvalue weighted by Gasteiger charge is -2.21. The molecule has 96 valence electrons. The topological polar surface area (TPSA) is 49.5 Å². The van der Waals surface area contributed by atoms with E-state index >= 15 is 0 Å². The van der Waals surface area contributed by atoms with Crippen LogP contribution in [0.2, 0.25) is 5.02 Å². The molecule has 1 aromatic carbocycles. The number of nitrogens with zero attached hydrogens (tertiary/aromatic N) is 1. The summed E-state index contributed by atoms with van der Waals surface area (Å²) in [6.45, 7) is 3.29. The minimum atomic E-state index is -0.309.